The average molecular weight is 299 g/mol. The number of nitrogens with two attached hydrogens (primary N) is 1. The molecular formula is C15H29N3O3. The van der Waals surface area contributed by atoms with Gasteiger partial charge in [-0.1, -0.05) is 0 Å². The number of amides is 2. The molecule has 6 heteroatoms. The molecule has 0 aromatic carbocycles. The molecule has 1 atom stereocenters. The summed E-state index contributed by atoms with van der Waals surface area (Å²) < 4.78 is 5.46. The minimum atomic E-state index is -0.464. The highest BCUT2D eigenvalue weighted by atomic mass is 16.6. The second kappa shape index (κ2) is 8.22. The molecule has 1 unspecified atom stereocenters. The van der Waals surface area contributed by atoms with Crippen LogP contribution in [0.5, 0.6) is 0 Å². The van der Waals surface area contributed by atoms with E-state index in [9.17, 15) is 9.59 Å². The molecule has 0 aliphatic carbocycles. The van der Waals surface area contributed by atoms with E-state index in [1.54, 1.807) is 0 Å². The van der Waals surface area contributed by atoms with Gasteiger partial charge in [0.1, 0.15) is 5.60 Å². The Balaban J connectivity index is 2.38. The molecule has 6 nitrogen and oxygen atoms in total. The predicted molar refractivity (Wildman–Crippen MR) is 81.9 cm³/mol. The molecule has 0 saturated carbocycles. The molecule has 21 heavy (non-hydrogen) atoms. The van der Waals surface area contributed by atoms with E-state index in [1.165, 1.54) is 0 Å². The minimum absolute atomic E-state index is 0.169. The van der Waals surface area contributed by atoms with Crippen molar-refractivity contribution in [1.29, 1.82) is 0 Å². The first-order valence-electron chi connectivity index (χ1n) is 7.78. The average Bonchev–Trinajstić information content (AvgIpc) is 2.36. The number of ether oxygens (including phenoxy) is 1. The lowest BCUT2D eigenvalue weighted by atomic mass is 10.0. The lowest BCUT2D eigenvalue weighted by Crippen LogP contribution is -2.50. The molecule has 0 radical (unpaired) electrons. The third-order valence-corrected chi connectivity index (χ3v) is 3.41. The summed E-state index contributed by atoms with van der Waals surface area (Å²) in [6.45, 7) is 7.87. The van der Waals surface area contributed by atoms with Gasteiger partial charge in [0.25, 0.3) is 0 Å². The van der Waals surface area contributed by atoms with Gasteiger partial charge in [0.05, 0.1) is 0 Å². The van der Waals surface area contributed by atoms with Gasteiger partial charge in [0.2, 0.25) is 5.91 Å². The highest BCUT2D eigenvalue weighted by molar-refractivity contribution is 5.73. The molecule has 0 aromatic heterocycles. The maximum atomic E-state index is 12.2. The summed E-state index contributed by atoms with van der Waals surface area (Å²) >= 11 is 0. The Bertz CT molecular complexity index is 353. The van der Waals surface area contributed by atoms with E-state index >= 15 is 0 Å². The van der Waals surface area contributed by atoms with Gasteiger partial charge in [0, 0.05) is 25.6 Å². The summed E-state index contributed by atoms with van der Waals surface area (Å²) in [4.78, 5) is 24.7. The fourth-order valence-corrected chi connectivity index (χ4v) is 2.43. The van der Waals surface area contributed by atoms with Crippen molar-refractivity contribution in [2.24, 2.45) is 5.73 Å². The van der Waals surface area contributed by atoms with Crippen LogP contribution < -0.4 is 11.1 Å². The Kier molecular flexibility index (Phi) is 6.95. The van der Waals surface area contributed by atoms with E-state index in [-0.39, 0.29) is 18.0 Å². The molecule has 2 amide bonds. The van der Waals surface area contributed by atoms with Gasteiger partial charge < -0.3 is 20.7 Å². The molecule has 0 aromatic rings. The summed E-state index contributed by atoms with van der Waals surface area (Å²) in [5.74, 6) is -0.273. The smallest absolute Gasteiger partial charge is 0.410 e. The first kappa shape index (κ1) is 17.8. The number of primary amides is 1. The van der Waals surface area contributed by atoms with Crippen LogP contribution in [-0.2, 0) is 9.53 Å². The van der Waals surface area contributed by atoms with Crippen LogP contribution in [0.2, 0.25) is 0 Å². The monoisotopic (exact) mass is 299 g/mol. The number of carbonyl (C=O) groups is 2. The maximum Gasteiger partial charge on any atom is 0.410 e. The lowest BCUT2D eigenvalue weighted by molar-refractivity contribution is -0.118. The predicted octanol–water partition coefficient (Wildman–Crippen LogP) is 1.63. The number of likely N-dealkylation sites (tertiary alicyclic amines) is 1. The van der Waals surface area contributed by atoms with Gasteiger partial charge in [-0.3, -0.25) is 4.79 Å². The number of carbonyl (C=O) groups excluding carboxylic acids is 2. The first-order valence-corrected chi connectivity index (χ1v) is 7.78. The van der Waals surface area contributed by atoms with Crippen LogP contribution in [0.25, 0.3) is 0 Å². The van der Waals surface area contributed by atoms with E-state index in [0.717, 1.165) is 45.3 Å². The van der Waals surface area contributed by atoms with Crippen LogP contribution in [0, 0.1) is 0 Å². The van der Waals surface area contributed by atoms with Crippen molar-refractivity contribution in [3.8, 4) is 0 Å². The minimum Gasteiger partial charge on any atom is -0.444 e. The van der Waals surface area contributed by atoms with Gasteiger partial charge >= 0.3 is 6.09 Å². The quantitative estimate of drug-likeness (QED) is 0.730. The second-order valence-corrected chi connectivity index (χ2v) is 6.60. The van der Waals surface area contributed by atoms with Gasteiger partial charge in [-0.2, -0.15) is 0 Å². The van der Waals surface area contributed by atoms with Crippen molar-refractivity contribution < 1.29 is 14.3 Å². The first-order chi connectivity index (χ1) is 9.79. The second-order valence-electron chi connectivity index (χ2n) is 6.60. The number of rotatable bonds is 6. The third-order valence-electron chi connectivity index (χ3n) is 3.41. The Morgan fingerprint density at radius 2 is 2.05 bits per heavy atom. The van der Waals surface area contributed by atoms with E-state index in [1.807, 2.05) is 25.7 Å². The molecule has 1 fully saturated rings. The van der Waals surface area contributed by atoms with Crippen molar-refractivity contribution in [2.45, 2.75) is 64.5 Å². The summed E-state index contributed by atoms with van der Waals surface area (Å²) in [5, 5.41) is 3.30. The van der Waals surface area contributed by atoms with Crippen molar-refractivity contribution in [2.75, 3.05) is 19.6 Å². The molecule has 1 aliphatic heterocycles. The fourth-order valence-electron chi connectivity index (χ4n) is 2.43. The number of hydrogen-bond acceptors (Lipinski definition) is 4. The van der Waals surface area contributed by atoms with Crippen LogP contribution in [0.3, 0.4) is 0 Å². The van der Waals surface area contributed by atoms with Gasteiger partial charge in [0.15, 0.2) is 0 Å². The van der Waals surface area contributed by atoms with Gasteiger partial charge in [-0.25, -0.2) is 4.79 Å². The van der Waals surface area contributed by atoms with Crippen LogP contribution in [0.4, 0.5) is 4.79 Å². The van der Waals surface area contributed by atoms with E-state index in [0.29, 0.717) is 6.42 Å². The van der Waals surface area contributed by atoms with Crippen molar-refractivity contribution in [3.63, 3.8) is 0 Å². The van der Waals surface area contributed by atoms with Gasteiger partial charge in [-0.15, -0.1) is 0 Å². The molecule has 122 valence electrons. The largest absolute Gasteiger partial charge is 0.444 e. The fraction of sp³-hybridized carbons (Fsp3) is 0.867. The topological polar surface area (TPSA) is 84.7 Å². The number of nitrogens with zero attached hydrogens (tertiary/aromatic N) is 1. The van der Waals surface area contributed by atoms with Crippen LogP contribution in [0.1, 0.15) is 52.9 Å². The summed E-state index contributed by atoms with van der Waals surface area (Å²) in [6.07, 6.45) is 4.04. The zero-order valence-corrected chi connectivity index (χ0v) is 13.5. The van der Waals surface area contributed by atoms with E-state index in [2.05, 4.69) is 5.32 Å². The Hall–Kier alpha value is -1.30. The zero-order chi connectivity index (χ0) is 15.9. The molecule has 1 heterocycles. The Labute approximate surface area is 127 Å². The highest BCUT2D eigenvalue weighted by Crippen LogP contribution is 2.20. The lowest BCUT2D eigenvalue weighted by Gasteiger charge is -2.37. The zero-order valence-electron chi connectivity index (χ0n) is 13.5. The molecule has 3 N–H and O–H groups in total. The molecule has 0 spiro atoms. The van der Waals surface area contributed by atoms with Crippen molar-refractivity contribution in [3.05, 3.63) is 0 Å². The molecule has 1 rings (SSSR count). The number of nitrogens with one attached hydrogen (secondary N) is 1. The number of hydrogen-bond donors (Lipinski definition) is 2. The van der Waals surface area contributed by atoms with Crippen molar-refractivity contribution >= 4 is 12.0 Å². The Morgan fingerprint density at radius 1 is 1.33 bits per heavy atom. The highest BCUT2D eigenvalue weighted by Gasteiger charge is 2.29. The molecular weight excluding hydrogens is 270 g/mol. The molecule has 0 bridgehead atoms. The summed E-state index contributed by atoms with van der Waals surface area (Å²) in [6, 6.07) is 0.169. The van der Waals surface area contributed by atoms with Gasteiger partial charge in [-0.05, 0) is 53.0 Å². The summed E-state index contributed by atoms with van der Waals surface area (Å²) in [7, 11) is 0. The van der Waals surface area contributed by atoms with Crippen molar-refractivity contribution in [1.82, 2.24) is 10.2 Å². The third kappa shape index (κ3) is 7.32. The van der Waals surface area contributed by atoms with Crippen LogP contribution in [0.15, 0.2) is 0 Å². The van der Waals surface area contributed by atoms with E-state index in [4.69, 9.17) is 10.5 Å². The van der Waals surface area contributed by atoms with Crippen LogP contribution in [-0.4, -0.2) is 48.2 Å². The van der Waals surface area contributed by atoms with E-state index < -0.39 is 5.60 Å². The summed E-state index contributed by atoms with van der Waals surface area (Å²) in [5.41, 5.74) is 4.64. The standard InChI is InChI=1S/C15H29N3O3/c1-15(2,3)21-14(20)18-10-5-4-7-12(18)11-17-9-6-8-13(16)19/h12,17H,4-11H2,1-3H3,(H2,16,19). The normalized spacial score (nSPS) is 19.4. The Morgan fingerprint density at radius 3 is 2.67 bits per heavy atom. The SMILES string of the molecule is CC(C)(C)OC(=O)N1CCCCC1CNCCCC(N)=O. The van der Waals surface area contributed by atoms with Crippen LogP contribution >= 0.6 is 0 Å². The molecule has 1 saturated heterocycles. The molecule has 1 aliphatic rings. The number of piperidine rings is 1. The maximum absolute atomic E-state index is 12.2.